The maximum Gasteiger partial charge on any atom is 0.269 e. The second-order valence-electron chi connectivity index (χ2n) is 3.82. The number of nitrogens with zero attached hydrogens (tertiary/aromatic N) is 3. The monoisotopic (exact) mass is 307 g/mol. The molecule has 8 heteroatoms. The average molecular weight is 308 g/mol. The van der Waals surface area contributed by atoms with E-state index in [-0.39, 0.29) is 5.69 Å². The van der Waals surface area contributed by atoms with Gasteiger partial charge in [0.1, 0.15) is 4.88 Å². The molecule has 20 heavy (non-hydrogen) atoms. The lowest BCUT2D eigenvalue weighted by molar-refractivity contribution is -0.384. The largest absolute Gasteiger partial charge is 0.333 e. The van der Waals surface area contributed by atoms with Crippen LogP contribution in [0.2, 0.25) is 5.02 Å². The molecule has 0 bridgehead atoms. The van der Waals surface area contributed by atoms with Crippen molar-refractivity contribution in [2.75, 3.05) is 0 Å². The van der Waals surface area contributed by atoms with E-state index in [0.717, 1.165) is 0 Å². The van der Waals surface area contributed by atoms with Crippen LogP contribution in [-0.2, 0) is 0 Å². The molecule has 0 fully saturated rings. The van der Waals surface area contributed by atoms with Crippen LogP contribution < -0.4 is 0 Å². The Kier molecular flexibility index (Phi) is 3.21. The highest BCUT2D eigenvalue weighted by Gasteiger charge is 2.15. The van der Waals surface area contributed by atoms with E-state index in [4.69, 9.17) is 16.1 Å². The van der Waals surface area contributed by atoms with Crippen LogP contribution >= 0.6 is 22.9 Å². The molecule has 0 aliphatic heterocycles. The van der Waals surface area contributed by atoms with Gasteiger partial charge in [-0.2, -0.15) is 4.98 Å². The molecule has 0 spiro atoms. The molecule has 0 N–H and O–H groups in total. The molecular weight excluding hydrogens is 302 g/mol. The van der Waals surface area contributed by atoms with Gasteiger partial charge in [-0.25, -0.2) is 0 Å². The third-order valence-electron chi connectivity index (χ3n) is 2.57. The Balaban J connectivity index is 1.94. The molecule has 1 aromatic carbocycles. The summed E-state index contributed by atoms with van der Waals surface area (Å²) >= 11 is 7.39. The van der Waals surface area contributed by atoms with Gasteiger partial charge in [0, 0.05) is 17.7 Å². The van der Waals surface area contributed by atoms with E-state index in [2.05, 4.69) is 10.1 Å². The number of hydrogen-bond donors (Lipinski definition) is 0. The van der Waals surface area contributed by atoms with Gasteiger partial charge in [-0.1, -0.05) is 16.8 Å². The Labute approximate surface area is 121 Å². The van der Waals surface area contributed by atoms with Crippen molar-refractivity contribution in [1.82, 2.24) is 10.1 Å². The first kappa shape index (κ1) is 12.8. The Morgan fingerprint density at radius 1 is 1.25 bits per heavy atom. The van der Waals surface area contributed by atoms with E-state index in [1.54, 1.807) is 18.2 Å². The zero-order chi connectivity index (χ0) is 14.1. The first-order valence-corrected chi connectivity index (χ1v) is 6.73. The summed E-state index contributed by atoms with van der Waals surface area (Å²) in [5, 5.41) is 16.8. The Bertz CT molecular complexity index is 766. The summed E-state index contributed by atoms with van der Waals surface area (Å²) in [4.78, 5) is 15.1. The summed E-state index contributed by atoms with van der Waals surface area (Å²) in [6.07, 6.45) is 0. The van der Waals surface area contributed by atoms with E-state index in [1.165, 1.54) is 23.5 Å². The minimum atomic E-state index is -0.461. The summed E-state index contributed by atoms with van der Waals surface area (Å²) in [7, 11) is 0. The van der Waals surface area contributed by atoms with Crippen molar-refractivity contribution in [3.8, 4) is 22.2 Å². The molecule has 0 aliphatic carbocycles. The third kappa shape index (κ3) is 2.28. The molecule has 0 unspecified atom stereocenters. The Hall–Kier alpha value is -2.25. The number of hydrogen-bond acceptors (Lipinski definition) is 6. The molecule has 0 atom stereocenters. The van der Waals surface area contributed by atoms with Crippen LogP contribution in [0.5, 0.6) is 0 Å². The van der Waals surface area contributed by atoms with Gasteiger partial charge in [0.2, 0.25) is 5.82 Å². The molecule has 0 amide bonds. The van der Waals surface area contributed by atoms with Gasteiger partial charge in [-0.15, -0.1) is 11.3 Å². The molecule has 100 valence electrons. The van der Waals surface area contributed by atoms with Crippen LogP contribution in [0.3, 0.4) is 0 Å². The van der Waals surface area contributed by atoms with Gasteiger partial charge in [0.05, 0.1) is 9.95 Å². The van der Waals surface area contributed by atoms with Gasteiger partial charge < -0.3 is 4.52 Å². The molecule has 3 aromatic rings. The Morgan fingerprint density at radius 3 is 2.60 bits per heavy atom. The summed E-state index contributed by atoms with van der Waals surface area (Å²) < 4.78 is 5.15. The zero-order valence-corrected chi connectivity index (χ0v) is 11.4. The van der Waals surface area contributed by atoms with Crippen LogP contribution in [0, 0.1) is 10.1 Å². The summed E-state index contributed by atoms with van der Waals surface area (Å²) in [6.45, 7) is 0. The maximum atomic E-state index is 10.6. The van der Waals surface area contributed by atoms with Crippen LogP contribution in [0.25, 0.3) is 22.2 Å². The highest BCUT2D eigenvalue weighted by molar-refractivity contribution is 7.14. The first-order valence-electron chi connectivity index (χ1n) is 5.47. The number of rotatable bonds is 3. The molecule has 0 radical (unpaired) electrons. The van der Waals surface area contributed by atoms with Crippen LogP contribution in [0.15, 0.2) is 40.2 Å². The van der Waals surface area contributed by atoms with Crippen LogP contribution in [0.1, 0.15) is 0 Å². The lowest BCUT2D eigenvalue weighted by Gasteiger charge is -1.93. The van der Waals surface area contributed by atoms with Crippen molar-refractivity contribution in [3.05, 3.63) is 50.8 Å². The predicted octanol–water partition coefficient (Wildman–Crippen LogP) is 4.03. The molecule has 0 saturated carbocycles. The van der Waals surface area contributed by atoms with Gasteiger partial charge in [-0.05, 0) is 23.6 Å². The van der Waals surface area contributed by atoms with E-state index in [9.17, 15) is 10.1 Å². The minimum Gasteiger partial charge on any atom is -0.333 e. The highest BCUT2D eigenvalue weighted by Crippen LogP contribution is 2.33. The summed E-state index contributed by atoms with van der Waals surface area (Å²) in [6, 6.07) is 7.68. The fourth-order valence-corrected chi connectivity index (χ4v) is 2.67. The molecule has 2 heterocycles. The average Bonchev–Trinajstić information content (AvgIpc) is 3.07. The number of thiophene rings is 1. The molecule has 2 aromatic heterocycles. The fourth-order valence-electron chi connectivity index (χ4n) is 1.61. The van der Waals surface area contributed by atoms with Gasteiger partial charge in [0.25, 0.3) is 11.6 Å². The lowest BCUT2D eigenvalue weighted by Crippen LogP contribution is -1.87. The van der Waals surface area contributed by atoms with Crippen molar-refractivity contribution < 1.29 is 9.45 Å². The van der Waals surface area contributed by atoms with Crippen molar-refractivity contribution in [3.63, 3.8) is 0 Å². The molecule has 0 aliphatic rings. The normalized spacial score (nSPS) is 10.7. The second-order valence-corrected chi connectivity index (χ2v) is 5.15. The first-order chi connectivity index (χ1) is 9.65. The number of nitro benzene ring substituents is 1. The van der Waals surface area contributed by atoms with Gasteiger partial charge in [-0.3, -0.25) is 10.1 Å². The lowest BCUT2D eigenvalue weighted by atomic mass is 10.2. The van der Waals surface area contributed by atoms with Crippen molar-refractivity contribution in [2.24, 2.45) is 0 Å². The minimum absolute atomic E-state index is 0.0127. The van der Waals surface area contributed by atoms with E-state index in [0.29, 0.717) is 27.2 Å². The standard InChI is InChI=1S/C12H6ClN3O3S/c13-9-5-6-20-10(9)12-14-11(15-19-12)7-1-3-8(4-2-7)16(17)18/h1-6H. The van der Waals surface area contributed by atoms with E-state index >= 15 is 0 Å². The van der Waals surface area contributed by atoms with Crippen molar-refractivity contribution >= 4 is 28.6 Å². The van der Waals surface area contributed by atoms with Crippen molar-refractivity contribution in [2.45, 2.75) is 0 Å². The molecular formula is C12H6ClN3O3S. The molecule has 6 nitrogen and oxygen atoms in total. The highest BCUT2D eigenvalue weighted by atomic mass is 35.5. The van der Waals surface area contributed by atoms with Gasteiger partial charge >= 0.3 is 0 Å². The number of halogens is 1. The topological polar surface area (TPSA) is 82.1 Å². The molecule has 3 rings (SSSR count). The number of nitro groups is 1. The fraction of sp³-hybridized carbons (Fsp3) is 0. The SMILES string of the molecule is O=[N+]([O-])c1ccc(-c2noc(-c3sccc3Cl)n2)cc1. The summed E-state index contributed by atoms with van der Waals surface area (Å²) in [5.74, 6) is 0.692. The van der Waals surface area contributed by atoms with Crippen LogP contribution in [-0.4, -0.2) is 15.1 Å². The Morgan fingerprint density at radius 2 is 2.00 bits per heavy atom. The number of benzene rings is 1. The third-order valence-corrected chi connectivity index (χ3v) is 3.90. The van der Waals surface area contributed by atoms with E-state index < -0.39 is 4.92 Å². The summed E-state index contributed by atoms with van der Waals surface area (Å²) in [5.41, 5.74) is 0.650. The molecule has 0 saturated heterocycles. The number of non-ortho nitro benzene ring substituents is 1. The van der Waals surface area contributed by atoms with Gasteiger partial charge in [0.15, 0.2) is 0 Å². The second kappa shape index (κ2) is 5.03. The smallest absolute Gasteiger partial charge is 0.269 e. The zero-order valence-electron chi connectivity index (χ0n) is 9.82. The number of aromatic nitrogens is 2. The van der Waals surface area contributed by atoms with Crippen molar-refractivity contribution in [1.29, 1.82) is 0 Å². The quantitative estimate of drug-likeness (QED) is 0.539. The predicted molar refractivity (Wildman–Crippen MR) is 74.7 cm³/mol. The van der Waals surface area contributed by atoms with Crippen LogP contribution in [0.4, 0.5) is 5.69 Å². The van der Waals surface area contributed by atoms with E-state index in [1.807, 2.05) is 5.38 Å². The maximum absolute atomic E-state index is 10.6.